The molecule has 1 atom stereocenters. The quantitative estimate of drug-likeness (QED) is 0.713. The minimum Gasteiger partial charge on any atom is -0.385 e. The maximum Gasteiger partial charge on any atom is 0.0593 e. The first-order valence-corrected chi connectivity index (χ1v) is 7.82. The summed E-state index contributed by atoms with van der Waals surface area (Å²) < 4.78 is 10.8. The van der Waals surface area contributed by atoms with Crippen molar-refractivity contribution in [3.05, 3.63) is 0 Å². The highest BCUT2D eigenvalue weighted by Gasteiger charge is 2.42. The van der Waals surface area contributed by atoms with Gasteiger partial charge in [-0.15, -0.1) is 0 Å². The summed E-state index contributed by atoms with van der Waals surface area (Å²) in [6.07, 6.45) is 6.49. The van der Waals surface area contributed by atoms with Crippen molar-refractivity contribution >= 4 is 0 Å². The van der Waals surface area contributed by atoms with Crippen LogP contribution in [0.2, 0.25) is 0 Å². The van der Waals surface area contributed by atoms with Crippen molar-refractivity contribution in [2.75, 3.05) is 46.6 Å². The smallest absolute Gasteiger partial charge is 0.0593 e. The van der Waals surface area contributed by atoms with Crippen LogP contribution in [0.3, 0.4) is 0 Å². The maximum absolute atomic E-state index is 5.73. The van der Waals surface area contributed by atoms with Gasteiger partial charge in [0, 0.05) is 51.5 Å². The second-order valence-electron chi connectivity index (χ2n) is 6.12. The summed E-state index contributed by atoms with van der Waals surface area (Å²) >= 11 is 0. The van der Waals surface area contributed by atoms with Crippen molar-refractivity contribution in [1.29, 1.82) is 0 Å². The fourth-order valence-electron chi connectivity index (χ4n) is 3.50. The van der Waals surface area contributed by atoms with E-state index >= 15 is 0 Å². The lowest BCUT2D eigenvalue weighted by Crippen LogP contribution is -2.63. The topological polar surface area (TPSA) is 33.7 Å². The van der Waals surface area contributed by atoms with Gasteiger partial charge in [-0.2, -0.15) is 0 Å². The highest BCUT2D eigenvalue weighted by Crippen LogP contribution is 2.36. The molecule has 4 nitrogen and oxygen atoms in total. The van der Waals surface area contributed by atoms with Crippen LogP contribution in [0.25, 0.3) is 0 Å². The van der Waals surface area contributed by atoms with E-state index in [1.807, 2.05) is 0 Å². The molecule has 1 N–H and O–H groups in total. The van der Waals surface area contributed by atoms with Crippen molar-refractivity contribution < 1.29 is 9.47 Å². The van der Waals surface area contributed by atoms with Crippen LogP contribution >= 0.6 is 0 Å². The molecule has 1 saturated heterocycles. The Hall–Kier alpha value is -0.160. The fourth-order valence-corrected chi connectivity index (χ4v) is 3.50. The molecular formula is C15H30N2O2. The zero-order valence-electron chi connectivity index (χ0n) is 12.6. The molecule has 2 aliphatic rings. The van der Waals surface area contributed by atoms with Crippen molar-refractivity contribution in [3.63, 3.8) is 0 Å². The van der Waals surface area contributed by atoms with E-state index in [-0.39, 0.29) is 0 Å². The Morgan fingerprint density at radius 1 is 1.21 bits per heavy atom. The van der Waals surface area contributed by atoms with E-state index < -0.39 is 0 Å². The summed E-state index contributed by atoms with van der Waals surface area (Å²) in [5.41, 5.74) is 0.433. The molecule has 1 saturated carbocycles. The molecule has 4 heteroatoms. The third-order valence-electron chi connectivity index (χ3n) is 4.62. The molecule has 0 aromatic heterocycles. The molecule has 0 amide bonds. The lowest BCUT2D eigenvalue weighted by Gasteiger charge is -2.47. The van der Waals surface area contributed by atoms with Gasteiger partial charge in [-0.05, 0) is 26.2 Å². The summed E-state index contributed by atoms with van der Waals surface area (Å²) in [6.45, 7) is 8.18. The standard InChI is InChI=1S/C15H30N2O2/c1-14-12-17(8-11-19-10-5-9-18-2)15(13-16-14)6-3-4-7-15/h14,16H,3-13H2,1-2H3. The van der Waals surface area contributed by atoms with E-state index in [2.05, 4.69) is 17.1 Å². The SMILES string of the molecule is COCCCOCCN1CC(C)NCC12CCCC2. The minimum atomic E-state index is 0.433. The van der Waals surface area contributed by atoms with Gasteiger partial charge >= 0.3 is 0 Å². The van der Waals surface area contributed by atoms with Gasteiger partial charge in [0.25, 0.3) is 0 Å². The van der Waals surface area contributed by atoms with E-state index in [0.717, 1.165) is 39.3 Å². The van der Waals surface area contributed by atoms with Gasteiger partial charge in [0.05, 0.1) is 6.61 Å². The predicted molar refractivity (Wildman–Crippen MR) is 77.5 cm³/mol. The average Bonchev–Trinajstić information content (AvgIpc) is 2.87. The number of ether oxygens (including phenoxy) is 2. The van der Waals surface area contributed by atoms with Gasteiger partial charge < -0.3 is 14.8 Å². The van der Waals surface area contributed by atoms with E-state index in [1.165, 1.54) is 32.2 Å². The molecule has 0 bridgehead atoms. The zero-order valence-corrected chi connectivity index (χ0v) is 12.6. The molecule has 0 radical (unpaired) electrons. The molecule has 19 heavy (non-hydrogen) atoms. The third kappa shape index (κ3) is 4.15. The Bertz CT molecular complexity index is 255. The number of nitrogens with one attached hydrogen (secondary N) is 1. The second kappa shape index (κ2) is 7.58. The molecule has 1 heterocycles. The van der Waals surface area contributed by atoms with Gasteiger partial charge in [-0.25, -0.2) is 0 Å². The van der Waals surface area contributed by atoms with Crippen LogP contribution in [-0.4, -0.2) is 63.0 Å². The number of hydrogen-bond acceptors (Lipinski definition) is 4. The lowest BCUT2D eigenvalue weighted by atomic mass is 9.91. The van der Waals surface area contributed by atoms with Crippen LogP contribution in [0, 0.1) is 0 Å². The maximum atomic E-state index is 5.73. The number of methoxy groups -OCH3 is 1. The van der Waals surface area contributed by atoms with Crippen molar-refractivity contribution in [1.82, 2.24) is 10.2 Å². The van der Waals surface area contributed by atoms with Crippen LogP contribution in [0.15, 0.2) is 0 Å². The normalized spacial score (nSPS) is 27.2. The summed E-state index contributed by atoms with van der Waals surface area (Å²) in [7, 11) is 1.74. The first-order chi connectivity index (χ1) is 9.27. The van der Waals surface area contributed by atoms with Crippen LogP contribution < -0.4 is 5.32 Å². The predicted octanol–water partition coefficient (Wildman–Crippen LogP) is 1.65. The highest BCUT2D eigenvalue weighted by molar-refractivity contribution is 5.01. The van der Waals surface area contributed by atoms with Crippen molar-refractivity contribution in [3.8, 4) is 0 Å². The van der Waals surface area contributed by atoms with Crippen LogP contribution in [0.5, 0.6) is 0 Å². The molecule has 0 aromatic carbocycles. The number of hydrogen-bond donors (Lipinski definition) is 1. The van der Waals surface area contributed by atoms with Crippen LogP contribution in [-0.2, 0) is 9.47 Å². The molecule has 1 spiro atoms. The van der Waals surface area contributed by atoms with Gasteiger partial charge in [0.1, 0.15) is 0 Å². The Kier molecular flexibility index (Phi) is 6.07. The molecule has 1 aliphatic heterocycles. The second-order valence-corrected chi connectivity index (χ2v) is 6.12. The van der Waals surface area contributed by atoms with E-state index in [0.29, 0.717) is 11.6 Å². The van der Waals surface area contributed by atoms with Gasteiger partial charge in [0.2, 0.25) is 0 Å². The monoisotopic (exact) mass is 270 g/mol. The molecule has 1 aliphatic carbocycles. The number of nitrogens with zero attached hydrogens (tertiary/aromatic N) is 1. The molecule has 1 unspecified atom stereocenters. The minimum absolute atomic E-state index is 0.433. The average molecular weight is 270 g/mol. The van der Waals surface area contributed by atoms with E-state index in [4.69, 9.17) is 9.47 Å². The molecule has 2 fully saturated rings. The summed E-state index contributed by atoms with van der Waals surface area (Å²) in [4.78, 5) is 2.69. The fraction of sp³-hybridized carbons (Fsp3) is 1.00. The van der Waals surface area contributed by atoms with Crippen molar-refractivity contribution in [2.24, 2.45) is 0 Å². The number of rotatable bonds is 7. The largest absolute Gasteiger partial charge is 0.385 e. The van der Waals surface area contributed by atoms with Gasteiger partial charge in [0.15, 0.2) is 0 Å². The van der Waals surface area contributed by atoms with Gasteiger partial charge in [-0.1, -0.05) is 12.8 Å². The van der Waals surface area contributed by atoms with Gasteiger partial charge in [-0.3, -0.25) is 4.90 Å². The molecule has 112 valence electrons. The summed E-state index contributed by atoms with van der Waals surface area (Å²) in [5.74, 6) is 0. The highest BCUT2D eigenvalue weighted by atomic mass is 16.5. The van der Waals surface area contributed by atoms with Crippen LogP contribution in [0.4, 0.5) is 0 Å². The Labute approximate surface area is 117 Å². The lowest BCUT2D eigenvalue weighted by molar-refractivity contribution is 0.0124. The first-order valence-electron chi connectivity index (χ1n) is 7.82. The molecule has 2 rings (SSSR count). The Balaban J connectivity index is 1.72. The van der Waals surface area contributed by atoms with Crippen molar-refractivity contribution in [2.45, 2.75) is 50.6 Å². The summed E-state index contributed by atoms with van der Waals surface area (Å²) in [6, 6.07) is 0.611. The third-order valence-corrected chi connectivity index (χ3v) is 4.62. The Morgan fingerprint density at radius 3 is 2.74 bits per heavy atom. The summed E-state index contributed by atoms with van der Waals surface area (Å²) in [5, 5.41) is 3.66. The first kappa shape index (κ1) is 15.2. The molecule has 0 aromatic rings. The molecular weight excluding hydrogens is 240 g/mol. The Morgan fingerprint density at radius 2 is 2.00 bits per heavy atom. The van der Waals surface area contributed by atoms with E-state index in [9.17, 15) is 0 Å². The van der Waals surface area contributed by atoms with Crippen LogP contribution in [0.1, 0.15) is 39.0 Å². The zero-order chi connectivity index (χ0) is 13.6. The number of piperazine rings is 1. The van der Waals surface area contributed by atoms with E-state index in [1.54, 1.807) is 7.11 Å².